The second kappa shape index (κ2) is 8.92. The third-order valence-electron chi connectivity index (χ3n) is 6.94. The summed E-state index contributed by atoms with van der Waals surface area (Å²) in [4.78, 5) is 9.58. The van der Waals surface area contributed by atoms with Gasteiger partial charge in [-0.2, -0.15) is 0 Å². The molecule has 1 aliphatic heterocycles. The zero-order chi connectivity index (χ0) is 24.6. The molecule has 0 fully saturated rings. The van der Waals surface area contributed by atoms with E-state index in [4.69, 9.17) is 4.98 Å². The monoisotopic (exact) mass is 476 g/mol. The Bertz CT molecular complexity index is 1690. The number of hydrogen-bond acceptors (Lipinski definition) is 3. The predicted molar refractivity (Wildman–Crippen MR) is 151 cm³/mol. The molecule has 176 valence electrons. The van der Waals surface area contributed by atoms with Crippen LogP contribution in [0, 0.1) is 0 Å². The molecule has 3 aromatic carbocycles. The number of rotatable bonds is 4. The Morgan fingerprint density at radius 3 is 2.27 bits per heavy atom. The summed E-state index contributed by atoms with van der Waals surface area (Å²) in [5.41, 5.74) is 10.9. The molecule has 0 spiro atoms. The van der Waals surface area contributed by atoms with Crippen molar-refractivity contribution in [3.8, 4) is 39.5 Å². The summed E-state index contributed by atoms with van der Waals surface area (Å²) in [5, 5.41) is 4.65. The first-order valence-electron chi connectivity index (χ1n) is 12.5. The highest BCUT2D eigenvalue weighted by atomic mass is 15.0. The first kappa shape index (κ1) is 21.3. The molecule has 4 heteroatoms. The normalized spacial score (nSPS) is 12.3. The number of nitrogens with zero attached hydrogens (tertiary/aromatic N) is 3. The van der Waals surface area contributed by atoms with Gasteiger partial charge in [0, 0.05) is 34.9 Å². The van der Waals surface area contributed by atoms with Crippen molar-refractivity contribution < 1.29 is 0 Å². The molecular formula is C33H24N4. The second-order valence-electron chi connectivity index (χ2n) is 9.18. The number of para-hydroxylation sites is 1. The van der Waals surface area contributed by atoms with E-state index in [1.807, 2.05) is 36.7 Å². The fraction of sp³-hybridized carbons (Fsp3) is 0.0303. The molecule has 0 amide bonds. The van der Waals surface area contributed by atoms with Gasteiger partial charge in [-0.3, -0.25) is 4.98 Å². The van der Waals surface area contributed by atoms with Crippen molar-refractivity contribution in [3.63, 3.8) is 0 Å². The minimum atomic E-state index is 0.837. The van der Waals surface area contributed by atoms with Crippen molar-refractivity contribution in [2.45, 2.75) is 6.54 Å². The number of benzene rings is 3. The van der Waals surface area contributed by atoms with Gasteiger partial charge >= 0.3 is 0 Å². The van der Waals surface area contributed by atoms with E-state index in [1.165, 1.54) is 22.2 Å². The maximum atomic E-state index is 5.02. The zero-order valence-electron chi connectivity index (χ0n) is 20.2. The van der Waals surface area contributed by atoms with Crippen LogP contribution < -0.4 is 5.32 Å². The highest BCUT2D eigenvalue weighted by Crippen LogP contribution is 2.34. The summed E-state index contributed by atoms with van der Waals surface area (Å²) in [5.74, 6) is 0. The molecule has 1 aliphatic rings. The average Bonchev–Trinajstić information content (AvgIpc) is 3.32. The number of fused-ring (bicyclic) bond motifs is 3. The van der Waals surface area contributed by atoms with Gasteiger partial charge in [0.25, 0.3) is 0 Å². The van der Waals surface area contributed by atoms with E-state index in [2.05, 4.69) is 106 Å². The van der Waals surface area contributed by atoms with E-state index in [9.17, 15) is 0 Å². The van der Waals surface area contributed by atoms with Crippen LogP contribution in [0.1, 0.15) is 11.3 Å². The summed E-state index contributed by atoms with van der Waals surface area (Å²) in [6.07, 6.45) is 6.01. The van der Waals surface area contributed by atoms with Gasteiger partial charge in [-0.1, -0.05) is 66.7 Å². The fourth-order valence-electron chi connectivity index (χ4n) is 5.17. The van der Waals surface area contributed by atoms with E-state index < -0.39 is 0 Å². The van der Waals surface area contributed by atoms with Crippen LogP contribution in [-0.4, -0.2) is 14.5 Å². The lowest BCUT2D eigenvalue weighted by Gasteiger charge is -2.14. The van der Waals surface area contributed by atoms with Crippen LogP contribution in [0.25, 0.3) is 56.4 Å². The highest BCUT2D eigenvalue weighted by Gasteiger charge is 2.18. The molecular weight excluding hydrogens is 452 g/mol. The summed E-state index contributed by atoms with van der Waals surface area (Å²) < 4.78 is 2.35. The molecule has 0 saturated carbocycles. The van der Waals surface area contributed by atoms with E-state index in [0.29, 0.717) is 0 Å². The Labute approximate surface area is 215 Å². The Morgan fingerprint density at radius 1 is 0.649 bits per heavy atom. The van der Waals surface area contributed by atoms with Gasteiger partial charge in [0.2, 0.25) is 0 Å². The Kier molecular flexibility index (Phi) is 5.14. The van der Waals surface area contributed by atoms with E-state index >= 15 is 0 Å². The second-order valence-corrected chi connectivity index (χ2v) is 9.18. The molecule has 3 aromatic heterocycles. The molecule has 0 atom stereocenters. The molecule has 0 radical (unpaired) electrons. The Hall–Kier alpha value is -4.96. The molecule has 4 nitrogen and oxygen atoms in total. The molecule has 0 aliphatic carbocycles. The molecule has 7 rings (SSSR count). The molecule has 0 saturated heterocycles. The van der Waals surface area contributed by atoms with Crippen molar-refractivity contribution in [1.29, 1.82) is 0 Å². The first-order valence-corrected chi connectivity index (χ1v) is 12.5. The standard InChI is InChI=1S/C33H24N4/c1-2-8-23(9-3-1)25-20-30(36-31(21-25)29-11-6-7-18-35-29)24-13-15-26(16-14-24)37-32-12-5-4-10-27(32)28-22-34-19-17-33(28)37/h1-21,34H,22H2. The number of aromatic nitrogens is 3. The minimum Gasteiger partial charge on any atom is -0.387 e. The van der Waals surface area contributed by atoms with E-state index in [1.54, 1.807) is 0 Å². The van der Waals surface area contributed by atoms with Crippen molar-refractivity contribution in [2.75, 3.05) is 0 Å². The molecule has 6 aromatic rings. The molecule has 0 bridgehead atoms. The van der Waals surface area contributed by atoms with Gasteiger partial charge < -0.3 is 9.88 Å². The number of nitrogens with one attached hydrogen (secondary N) is 1. The van der Waals surface area contributed by atoms with Crippen LogP contribution in [0.5, 0.6) is 0 Å². The van der Waals surface area contributed by atoms with E-state index in [-0.39, 0.29) is 0 Å². The van der Waals surface area contributed by atoms with Crippen LogP contribution in [0.15, 0.2) is 122 Å². The number of pyridine rings is 2. The third-order valence-corrected chi connectivity index (χ3v) is 6.94. The van der Waals surface area contributed by atoms with Crippen molar-refractivity contribution in [3.05, 3.63) is 133 Å². The van der Waals surface area contributed by atoms with Gasteiger partial charge in [0.05, 0.1) is 28.3 Å². The van der Waals surface area contributed by atoms with Crippen molar-refractivity contribution >= 4 is 17.0 Å². The molecule has 4 heterocycles. The summed E-state index contributed by atoms with van der Waals surface area (Å²) in [6.45, 7) is 0.837. The lowest BCUT2D eigenvalue weighted by atomic mass is 10.0. The maximum Gasteiger partial charge on any atom is 0.0899 e. The lowest BCUT2D eigenvalue weighted by Crippen LogP contribution is -2.10. The van der Waals surface area contributed by atoms with Crippen LogP contribution in [0.4, 0.5) is 0 Å². The molecule has 0 unspecified atom stereocenters. The minimum absolute atomic E-state index is 0.837. The van der Waals surface area contributed by atoms with Crippen LogP contribution in [0.2, 0.25) is 0 Å². The Balaban J connectivity index is 1.35. The van der Waals surface area contributed by atoms with Crippen LogP contribution >= 0.6 is 0 Å². The van der Waals surface area contributed by atoms with Crippen molar-refractivity contribution in [1.82, 2.24) is 19.9 Å². The third kappa shape index (κ3) is 3.80. The lowest BCUT2D eigenvalue weighted by molar-refractivity contribution is 0.855. The summed E-state index contributed by atoms with van der Waals surface area (Å²) in [7, 11) is 0. The van der Waals surface area contributed by atoms with Gasteiger partial charge in [0.15, 0.2) is 0 Å². The first-order chi connectivity index (χ1) is 18.3. The molecule has 1 N–H and O–H groups in total. The van der Waals surface area contributed by atoms with E-state index in [0.717, 1.165) is 46.0 Å². The highest BCUT2D eigenvalue weighted by molar-refractivity contribution is 5.90. The fourth-order valence-corrected chi connectivity index (χ4v) is 5.17. The van der Waals surface area contributed by atoms with Crippen LogP contribution in [-0.2, 0) is 6.54 Å². The SMILES string of the molecule is C1=Cc2c(c3ccccc3n2-c2ccc(-c3cc(-c4ccccc4)cc(-c4ccccn4)n3)cc2)CN1. The summed E-state index contributed by atoms with van der Waals surface area (Å²) >= 11 is 0. The average molecular weight is 477 g/mol. The predicted octanol–water partition coefficient (Wildman–Crippen LogP) is 7.50. The number of hydrogen-bond donors (Lipinski definition) is 1. The maximum absolute atomic E-state index is 5.02. The van der Waals surface area contributed by atoms with Crippen molar-refractivity contribution in [2.24, 2.45) is 0 Å². The molecule has 37 heavy (non-hydrogen) atoms. The van der Waals surface area contributed by atoms with Gasteiger partial charge in [-0.25, -0.2) is 4.98 Å². The smallest absolute Gasteiger partial charge is 0.0899 e. The zero-order valence-corrected chi connectivity index (χ0v) is 20.2. The summed E-state index contributed by atoms with van der Waals surface area (Å²) in [6, 6.07) is 38.0. The van der Waals surface area contributed by atoms with Gasteiger partial charge in [-0.15, -0.1) is 0 Å². The van der Waals surface area contributed by atoms with Crippen LogP contribution in [0.3, 0.4) is 0 Å². The quantitative estimate of drug-likeness (QED) is 0.287. The topological polar surface area (TPSA) is 42.7 Å². The van der Waals surface area contributed by atoms with Gasteiger partial charge in [0.1, 0.15) is 0 Å². The Morgan fingerprint density at radius 2 is 1.43 bits per heavy atom. The van der Waals surface area contributed by atoms with Gasteiger partial charge in [-0.05, 0) is 65.9 Å². The largest absolute Gasteiger partial charge is 0.387 e.